The normalized spacial score (nSPS) is 10.8. The summed E-state index contributed by atoms with van der Waals surface area (Å²) in [5.41, 5.74) is 1.83. The molecule has 0 saturated heterocycles. The number of thioether (sulfide) groups is 1. The number of aliphatic hydroxyl groups excluding tert-OH is 1. The Balaban J connectivity index is 2.07. The number of hydrogen-bond donors (Lipinski definition) is 1. The van der Waals surface area contributed by atoms with E-state index in [1.807, 2.05) is 17.7 Å². The third-order valence-corrected chi connectivity index (χ3v) is 3.85. The van der Waals surface area contributed by atoms with E-state index in [-0.39, 0.29) is 6.61 Å². The number of rotatable bonds is 4. The molecule has 0 aliphatic carbocycles. The van der Waals surface area contributed by atoms with Crippen LogP contribution >= 0.6 is 23.4 Å². The quantitative estimate of drug-likeness (QED) is 0.865. The molecule has 0 aliphatic rings. The Kier molecular flexibility index (Phi) is 4.04. The summed E-state index contributed by atoms with van der Waals surface area (Å²) in [6, 6.07) is 1.89. The van der Waals surface area contributed by atoms with Crippen molar-refractivity contribution in [2.45, 2.75) is 17.5 Å². The van der Waals surface area contributed by atoms with E-state index in [1.165, 1.54) is 0 Å². The maximum atomic E-state index is 9.06. The second kappa shape index (κ2) is 5.53. The highest BCUT2D eigenvalue weighted by atomic mass is 35.5. The number of pyridine rings is 1. The Bertz CT molecular complexity index is 515. The topological polar surface area (TPSA) is 50.9 Å². The van der Waals surface area contributed by atoms with E-state index in [0.29, 0.717) is 5.02 Å². The van der Waals surface area contributed by atoms with Gasteiger partial charge in [-0.15, -0.1) is 0 Å². The molecule has 0 atom stereocenters. The van der Waals surface area contributed by atoms with Crippen molar-refractivity contribution in [2.24, 2.45) is 7.05 Å². The molecule has 6 heteroatoms. The van der Waals surface area contributed by atoms with Crippen molar-refractivity contribution in [3.05, 3.63) is 40.9 Å². The minimum absolute atomic E-state index is 0.0000726. The average molecular weight is 270 g/mol. The molecule has 0 amide bonds. The van der Waals surface area contributed by atoms with Gasteiger partial charge in [-0.05, 0) is 11.6 Å². The van der Waals surface area contributed by atoms with Gasteiger partial charge in [0.1, 0.15) is 0 Å². The third kappa shape index (κ3) is 2.80. The summed E-state index contributed by atoms with van der Waals surface area (Å²) >= 11 is 7.60. The lowest BCUT2D eigenvalue weighted by Crippen LogP contribution is -1.97. The minimum atomic E-state index is 0.0000726. The number of aliphatic hydroxyl groups is 1. The molecule has 4 nitrogen and oxygen atoms in total. The monoisotopic (exact) mass is 269 g/mol. The van der Waals surface area contributed by atoms with Crippen molar-refractivity contribution < 1.29 is 5.11 Å². The first-order valence-electron chi connectivity index (χ1n) is 5.05. The molecule has 0 aliphatic heterocycles. The fraction of sp³-hybridized carbons (Fsp3) is 0.273. The molecule has 0 saturated carbocycles. The summed E-state index contributed by atoms with van der Waals surface area (Å²) in [5, 5.41) is 10.6. The number of halogens is 1. The van der Waals surface area contributed by atoms with E-state index in [1.54, 1.807) is 30.4 Å². The highest BCUT2D eigenvalue weighted by Gasteiger charge is 2.07. The van der Waals surface area contributed by atoms with Crippen molar-refractivity contribution in [1.29, 1.82) is 0 Å². The molecule has 0 unspecified atom stereocenters. The van der Waals surface area contributed by atoms with Crippen LogP contribution in [0.5, 0.6) is 0 Å². The lowest BCUT2D eigenvalue weighted by Gasteiger charge is -2.05. The Hall–Kier alpha value is -1.04. The van der Waals surface area contributed by atoms with E-state index in [2.05, 4.69) is 9.97 Å². The predicted octanol–water partition coefficient (Wildman–Crippen LogP) is 2.25. The van der Waals surface area contributed by atoms with Crippen LogP contribution in [0.3, 0.4) is 0 Å². The lowest BCUT2D eigenvalue weighted by atomic mass is 10.3. The molecule has 0 bridgehead atoms. The van der Waals surface area contributed by atoms with Gasteiger partial charge in [0.2, 0.25) is 0 Å². The van der Waals surface area contributed by atoms with Gasteiger partial charge in [0.25, 0.3) is 0 Å². The van der Waals surface area contributed by atoms with Gasteiger partial charge >= 0.3 is 0 Å². The van der Waals surface area contributed by atoms with Crippen LogP contribution in [0.1, 0.15) is 11.3 Å². The average Bonchev–Trinajstić information content (AvgIpc) is 2.69. The highest BCUT2D eigenvalue weighted by Crippen LogP contribution is 2.25. The molecule has 2 aromatic heterocycles. The van der Waals surface area contributed by atoms with Crippen molar-refractivity contribution in [2.75, 3.05) is 0 Å². The fourth-order valence-electron chi connectivity index (χ4n) is 1.37. The summed E-state index contributed by atoms with van der Waals surface area (Å²) in [7, 11) is 1.88. The smallest absolute Gasteiger partial charge is 0.168 e. The molecule has 2 aromatic rings. The van der Waals surface area contributed by atoms with E-state index in [4.69, 9.17) is 16.7 Å². The van der Waals surface area contributed by atoms with Gasteiger partial charge in [-0.1, -0.05) is 23.4 Å². The molecule has 0 aromatic carbocycles. The summed E-state index contributed by atoms with van der Waals surface area (Å²) in [6.45, 7) is 0.0000726. The van der Waals surface area contributed by atoms with Crippen LogP contribution in [0.4, 0.5) is 0 Å². The molecule has 2 heterocycles. The number of nitrogens with zero attached hydrogens (tertiary/aromatic N) is 3. The van der Waals surface area contributed by atoms with Crippen LogP contribution in [0, 0.1) is 0 Å². The third-order valence-electron chi connectivity index (χ3n) is 2.42. The molecule has 0 spiro atoms. The fourth-order valence-corrected chi connectivity index (χ4v) is 2.61. The first-order chi connectivity index (χ1) is 8.22. The zero-order valence-corrected chi connectivity index (χ0v) is 10.9. The molecule has 0 fully saturated rings. The first kappa shape index (κ1) is 12.4. The SMILES string of the molecule is Cn1c(CO)cnc1SCc1ccncc1Cl. The van der Waals surface area contributed by atoms with Crippen LogP contribution in [0.15, 0.2) is 29.8 Å². The van der Waals surface area contributed by atoms with Gasteiger partial charge in [0.15, 0.2) is 5.16 Å². The predicted molar refractivity (Wildman–Crippen MR) is 67.9 cm³/mol. The van der Waals surface area contributed by atoms with E-state index in [9.17, 15) is 0 Å². The molecule has 1 N–H and O–H groups in total. The van der Waals surface area contributed by atoms with Crippen LogP contribution < -0.4 is 0 Å². The standard InChI is InChI=1S/C11H12ClN3OS/c1-15-9(6-16)4-14-11(15)17-7-8-2-3-13-5-10(8)12/h2-5,16H,6-7H2,1H3. The largest absolute Gasteiger partial charge is 0.390 e. The Morgan fingerprint density at radius 1 is 1.47 bits per heavy atom. The van der Waals surface area contributed by atoms with Gasteiger partial charge in [0, 0.05) is 25.2 Å². The Labute approximate surface area is 109 Å². The first-order valence-corrected chi connectivity index (χ1v) is 6.41. The lowest BCUT2D eigenvalue weighted by molar-refractivity contribution is 0.271. The van der Waals surface area contributed by atoms with Crippen LogP contribution in [0.2, 0.25) is 5.02 Å². The summed E-state index contributed by atoms with van der Waals surface area (Å²) in [6.07, 6.45) is 5.03. The second-order valence-corrected chi connectivity index (χ2v) is 4.85. The molecule has 90 valence electrons. The van der Waals surface area contributed by atoms with E-state index in [0.717, 1.165) is 22.2 Å². The van der Waals surface area contributed by atoms with Crippen LogP contribution in [-0.2, 0) is 19.4 Å². The van der Waals surface area contributed by atoms with Crippen molar-refractivity contribution in [1.82, 2.24) is 14.5 Å². The summed E-state index contributed by atoms with van der Waals surface area (Å²) < 4.78 is 1.87. The number of hydrogen-bond acceptors (Lipinski definition) is 4. The van der Waals surface area contributed by atoms with Gasteiger partial charge in [-0.3, -0.25) is 4.98 Å². The number of aromatic nitrogens is 3. The van der Waals surface area contributed by atoms with E-state index < -0.39 is 0 Å². The maximum absolute atomic E-state index is 9.06. The zero-order valence-electron chi connectivity index (χ0n) is 9.30. The van der Waals surface area contributed by atoms with E-state index >= 15 is 0 Å². The summed E-state index contributed by atoms with van der Waals surface area (Å²) in [4.78, 5) is 8.18. The van der Waals surface area contributed by atoms with Gasteiger partial charge in [0.05, 0.1) is 23.5 Å². The van der Waals surface area contributed by atoms with Gasteiger partial charge < -0.3 is 9.67 Å². The minimum Gasteiger partial charge on any atom is -0.390 e. The highest BCUT2D eigenvalue weighted by molar-refractivity contribution is 7.98. The van der Waals surface area contributed by atoms with Gasteiger partial charge in [-0.2, -0.15) is 0 Å². The van der Waals surface area contributed by atoms with Crippen molar-refractivity contribution >= 4 is 23.4 Å². The molecule has 2 rings (SSSR count). The van der Waals surface area contributed by atoms with Gasteiger partial charge in [-0.25, -0.2) is 4.98 Å². The number of imidazole rings is 1. The van der Waals surface area contributed by atoms with Crippen molar-refractivity contribution in [3.63, 3.8) is 0 Å². The maximum Gasteiger partial charge on any atom is 0.168 e. The zero-order chi connectivity index (χ0) is 12.3. The molecular formula is C11H12ClN3OS. The second-order valence-electron chi connectivity index (χ2n) is 3.51. The van der Waals surface area contributed by atoms with Crippen LogP contribution in [0.25, 0.3) is 0 Å². The summed E-state index contributed by atoms with van der Waals surface area (Å²) in [5.74, 6) is 0.733. The molecule has 17 heavy (non-hydrogen) atoms. The van der Waals surface area contributed by atoms with Crippen molar-refractivity contribution in [3.8, 4) is 0 Å². The molecule has 0 radical (unpaired) electrons. The Morgan fingerprint density at radius 3 is 2.94 bits per heavy atom. The molecular weight excluding hydrogens is 258 g/mol. The Morgan fingerprint density at radius 2 is 2.29 bits per heavy atom. The van der Waals surface area contributed by atoms with Crippen LogP contribution in [-0.4, -0.2) is 19.6 Å².